The second-order valence-electron chi connectivity index (χ2n) is 4.48. The molecule has 0 aliphatic heterocycles. The van der Waals surface area contributed by atoms with E-state index in [0.717, 1.165) is 17.9 Å². The number of aliphatic hydroxyl groups excluding tert-OH is 1. The molecule has 1 aromatic carbocycles. The molecule has 1 unspecified atom stereocenters. The molecule has 0 saturated carbocycles. The Morgan fingerprint density at radius 3 is 2.45 bits per heavy atom. The first kappa shape index (κ1) is 16.3. The van der Waals surface area contributed by atoms with Gasteiger partial charge in [-0.15, -0.1) is 0 Å². The molecule has 1 rings (SSSR count). The smallest absolute Gasteiger partial charge is 0.328 e. The van der Waals surface area contributed by atoms with E-state index in [-0.39, 0.29) is 18.6 Å². The summed E-state index contributed by atoms with van der Waals surface area (Å²) in [7, 11) is 1.39. The minimum absolute atomic E-state index is 0.133. The maximum Gasteiger partial charge on any atom is 0.328 e. The average Bonchev–Trinajstić information content (AvgIpc) is 2.50. The third kappa shape index (κ3) is 4.42. The van der Waals surface area contributed by atoms with E-state index in [2.05, 4.69) is 10.2 Å². The van der Waals surface area contributed by atoms with Crippen LogP contribution in [0.4, 0.5) is 11.4 Å². The average molecular weight is 280 g/mol. The van der Waals surface area contributed by atoms with E-state index >= 15 is 0 Å². The van der Waals surface area contributed by atoms with E-state index in [0.29, 0.717) is 13.0 Å². The monoisotopic (exact) mass is 280 g/mol. The summed E-state index contributed by atoms with van der Waals surface area (Å²) in [5, 5.41) is 12.2. The van der Waals surface area contributed by atoms with Gasteiger partial charge in [0.05, 0.1) is 13.7 Å². The summed E-state index contributed by atoms with van der Waals surface area (Å²) in [4.78, 5) is 13.6. The van der Waals surface area contributed by atoms with Gasteiger partial charge >= 0.3 is 5.97 Å². The number of carbonyl (C=O) groups excluding carboxylic acids is 1. The summed E-state index contributed by atoms with van der Waals surface area (Å²) in [6, 6.07) is 7.49. The van der Waals surface area contributed by atoms with Crippen molar-refractivity contribution in [1.82, 2.24) is 0 Å². The van der Waals surface area contributed by atoms with E-state index < -0.39 is 0 Å². The van der Waals surface area contributed by atoms with E-state index in [9.17, 15) is 4.79 Å². The highest BCUT2D eigenvalue weighted by Gasteiger charge is 2.16. The van der Waals surface area contributed by atoms with Gasteiger partial charge < -0.3 is 20.1 Å². The second-order valence-corrected chi connectivity index (χ2v) is 4.48. The molecule has 1 atom stereocenters. The topological polar surface area (TPSA) is 61.8 Å². The van der Waals surface area contributed by atoms with Crippen LogP contribution in [0, 0.1) is 0 Å². The molecule has 0 heterocycles. The number of carbonyl (C=O) groups is 1. The summed E-state index contributed by atoms with van der Waals surface area (Å²) in [5.74, 6) is -0.257. The van der Waals surface area contributed by atoms with Gasteiger partial charge in [0.2, 0.25) is 0 Å². The quantitative estimate of drug-likeness (QED) is 0.712. The Balaban J connectivity index is 2.72. The molecular weight excluding hydrogens is 256 g/mol. The lowest BCUT2D eigenvalue weighted by Crippen LogP contribution is -2.30. The highest BCUT2D eigenvalue weighted by atomic mass is 16.5. The van der Waals surface area contributed by atoms with Crippen LogP contribution < -0.4 is 10.2 Å². The van der Waals surface area contributed by atoms with Gasteiger partial charge in [0.1, 0.15) is 6.04 Å². The van der Waals surface area contributed by atoms with Crippen molar-refractivity contribution in [3.63, 3.8) is 0 Å². The zero-order valence-electron chi connectivity index (χ0n) is 12.4. The number of hydrogen-bond donors (Lipinski definition) is 2. The molecule has 5 nitrogen and oxygen atoms in total. The number of rotatable bonds is 8. The Hall–Kier alpha value is -1.75. The fourth-order valence-corrected chi connectivity index (χ4v) is 2.03. The van der Waals surface area contributed by atoms with E-state index in [1.807, 2.05) is 38.1 Å². The number of nitrogens with one attached hydrogen (secondary N) is 1. The second kappa shape index (κ2) is 8.43. The van der Waals surface area contributed by atoms with E-state index in [4.69, 9.17) is 9.84 Å². The van der Waals surface area contributed by atoms with Gasteiger partial charge in [-0.3, -0.25) is 0 Å². The van der Waals surface area contributed by atoms with Gasteiger partial charge in [-0.25, -0.2) is 4.79 Å². The fraction of sp³-hybridized carbons (Fsp3) is 0.533. The van der Waals surface area contributed by atoms with Crippen molar-refractivity contribution in [1.29, 1.82) is 0 Å². The Labute approximate surface area is 120 Å². The van der Waals surface area contributed by atoms with Crippen molar-refractivity contribution in [3.8, 4) is 0 Å². The molecule has 0 aliphatic carbocycles. The largest absolute Gasteiger partial charge is 0.467 e. The van der Waals surface area contributed by atoms with E-state index in [1.165, 1.54) is 7.11 Å². The summed E-state index contributed by atoms with van der Waals surface area (Å²) in [6.45, 7) is 5.57. The molecule has 0 spiro atoms. The molecule has 1 aromatic rings. The van der Waals surface area contributed by atoms with Crippen LogP contribution in [0.5, 0.6) is 0 Å². The normalized spacial score (nSPS) is 11.8. The molecule has 5 heteroatoms. The highest BCUT2D eigenvalue weighted by Crippen LogP contribution is 2.18. The Morgan fingerprint density at radius 2 is 2.00 bits per heavy atom. The molecule has 0 aromatic heterocycles. The number of anilines is 2. The van der Waals surface area contributed by atoms with Gasteiger partial charge in [0, 0.05) is 24.5 Å². The lowest BCUT2D eigenvalue weighted by molar-refractivity contribution is -0.141. The molecule has 0 radical (unpaired) electrons. The third-order valence-corrected chi connectivity index (χ3v) is 3.22. The third-order valence-electron chi connectivity index (χ3n) is 3.22. The Bertz CT molecular complexity index is 406. The number of esters is 1. The summed E-state index contributed by atoms with van der Waals surface area (Å²) in [5.41, 5.74) is 1.93. The van der Waals surface area contributed by atoms with Crippen LogP contribution in [0.25, 0.3) is 0 Å². The molecule has 112 valence electrons. The van der Waals surface area contributed by atoms with Gasteiger partial charge in [-0.1, -0.05) is 6.92 Å². The van der Waals surface area contributed by atoms with Gasteiger partial charge in [-0.2, -0.15) is 0 Å². The first-order valence-electron chi connectivity index (χ1n) is 6.96. The fourth-order valence-electron chi connectivity index (χ4n) is 2.03. The lowest BCUT2D eigenvalue weighted by Gasteiger charge is -2.22. The van der Waals surface area contributed by atoms with Crippen molar-refractivity contribution >= 4 is 17.3 Å². The molecule has 0 aliphatic rings. The minimum Gasteiger partial charge on any atom is -0.467 e. The van der Waals surface area contributed by atoms with Crippen LogP contribution in [0.15, 0.2) is 24.3 Å². The first-order chi connectivity index (χ1) is 9.65. The number of benzene rings is 1. The number of ether oxygens (including phenoxy) is 1. The Kier molecular flexibility index (Phi) is 6.87. The SMILES string of the molecule is CCC(Nc1ccc(N(CC)CCO)cc1)C(=O)OC. The first-order valence-corrected chi connectivity index (χ1v) is 6.96. The molecule has 0 saturated heterocycles. The van der Waals surface area contributed by atoms with Crippen LogP contribution >= 0.6 is 0 Å². The van der Waals surface area contributed by atoms with Gasteiger partial charge in [-0.05, 0) is 37.6 Å². The zero-order chi connectivity index (χ0) is 15.0. The van der Waals surface area contributed by atoms with Gasteiger partial charge in [0.25, 0.3) is 0 Å². The molecule has 0 amide bonds. The summed E-state index contributed by atoms with van der Waals surface area (Å²) < 4.78 is 4.75. The van der Waals surface area contributed by atoms with E-state index in [1.54, 1.807) is 0 Å². The summed E-state index contributed by atoms with van der Waals surface area (Å²) >= 11 is 0. The zero-order valence-corrected chi connectivity index (χ0v) is 12.4. The predicted molar refractivity (Wildman–Crippen MR) is 81.1 cm³/mol. The maximum absolute atomic E-state index is 11.5. The molecule has 0 fully saturated rings. The lowest BCUT2D eigenvalue weighted by atomic mass is 10.2. The van der Waals surface area contributed by atoms with Gasteiger partial charge in [0.15, 0.2) is 0 Å². The number of nitrogens with zero attached hydrogens (tertiary/aromatic N) is 1. The van der Waals surface area contributed by atoms with Crippen LogP contribution in [-0.4, -0.2) is 43.9 Å². The number of aliphatic hydroxyl groups is 1. The standard InChI is InChI=1S/C15H24N2O3/c1-4-14(15(19)20-3)16-12-6-8-13(9-7-12)17(5-2)10-11-18/h6-9,14,16,18H,4-5,10-11H2,1-3H3. The minimum atomic E-state index is -0.328. The highest BCUT2D eigenvalue weighted by molar-refractivity contribution is 5.79. The van der Waals surface area contributed by atoms with Crippen LogP contribution in [0.2, 0.25) is 0 Å². The predicted octanol–water partition coefficient (Wildman–Crippen LogP) is 1.87. The summed E-state index contributed by atoms with van der Waals surface area (Å²) in [6.07, 6.45) is 0.667. The Morgan fingerprint density at radius 1 is 1.35 bits per heavy atom. The van der Waals surface area contributed by atoms with Crippen LogP contribution in [-0.2, 0) is 9.53 Å². The number of methoxy groups -OCH3 is 1. The molecule has 2 N–H and O–H groups in total. The van der Waals surface area contributed by atoms with Crippen molar-refractivity contribution in [3.05, 3.63) is 24.3 Å². The van der Waals surface area contributed by atoms with Crippen molar-refractivity contribution < 1.29 is 14.6 Å². The van der Waals surface area contributed by atoms with Crippen LogP contribution in [0.1, 0.15) is 20.3 Å². The molecular formula is C15H24N2O3. The maximum atomic E-state index is 11.5. The van der Waals surface area contributed by atoms with Crippen molar-refractivity contribution in [2.45, 2.75) is 26.3 Å². The number of likely N-dealkylation sites (N-methyl/N-ethyl adjacent to an activating group) is 1. The number of hydrogen-bond acceptors (Lipinski definition) is 5. The van der Waals surface area contributed by atoms with Crippen LogP contribution in [0.3, 0.4) is 0 Å². The van der Waals surface area contributed by atoms with Crippen molar-refractivity contribution in [2.75, 3.05) is 37.0 Å². The molecule has 0 bridgehead atoms. The van der Waals surface area contributed by atoms with Crippen molar-refractivity contribution in [2.24, 2.45) is 0 Å². The molecule has 20 heavy (non-hydrogen) atoms.